The smallest absolute Gasteiger partial charge is 0.0438 e. The fraction of sp³-hybridized carbons (Fsp3) is 0.538. The standard InChI is InChI=1S/C13H18ClN/c1-10(2)13(8-15-9-13)7-11-5-3-4-6-12(11)14/h3-6,10,15H,7-9H2,1-2H3. The van der Waals surface area contributed by atoms with E-state index in [1.165, 1.54) is 5.56 Å². The van der Waals surface area contributed by atoms with Crippen LogP contribution in [-0.2, 0) is 6.42 Å². The van der Waals surface area contributed by atoms with E-state index in [0.717, 1.165) is 24.5 Å². The molecule has 0 radical (unpaired) electrons. The molecule has 0 amide bonds. The van der Waals surface area contributed by atoms with Crippen molar-refractivity contribution in [1.82, 2.24) is 5.32 Å². The molecule has 2 rings (SSSR count). The van der Waals surface area contributed by atoms with Gasteiger partial charge in [-0.25, -0.2) is 0 Å². The van der Waals surface area contributed by atoms with Gasteiger partial charge in [-0.05, 0) is 24.0 Å². The Bertz CT molecular complexity index is 342. The summed E-state index contributed by atoms with van der Waals surface area (Å²) in [6.07, 6.45) is 1.09. The Hall–Kier alpha value is -0.530. The fourth-order valence-corrected chi connectivity index (χ4v) is 2.41. The van der Waals surface area contributed by atoms with Crippen molar-refractivity contribution in [2.24, 2.45) is 11.3 Å². The number of halogens is 1. The van der Waals surface area contributed by atoms with Crippen LogP contribution in [0.1, 0.15) is 19.4 Å². The minimum Gasteiger partial charge on any atom is -0.315 e. The molecule has 1 aliphatic heterocycles. The number of benzene rings is 1. The van der Waals surface area contributed by atoms with Crippen molar-refractivity contribution in [3.63, 3.8) is 0 Å². The molecule has 2 heteroatoms. The second kappa shape index (κ2) is 4.15. The van der Waals surface area contributed by atoms with Crippen LogP contribution in [0.15, 0.2) is 24.3 Å². The number of hydrogen-bond donors (Lipinski definition) is 1. The van der Waals surface area contributed by atoms with E-state index in [4.69, 9.17) is 11.6 Å². The first-order valence-corrected chi connectivity index (χ1v) is 5.96. The Labute approximate surface area is 96.8 Å². The monoisotopic (exact) mass is 223 g/mol. The van der Waals surface area contributed by atoms with Crippen LogP contribution < -0.4 is 5.32 Å². The third-order valence-electron chi connectivity index (χ3n) is 3.68. The van der Waals surface area contributed by atoms with E-state index < -0.39 is 0 Å². The molecule has 0 spiro atoms. The fourth-order valence-electron chi connectivity index (χ4n) is 2.20. The topological polar surface area (TPSA) is 12.0 Å². The van der Waals surface area contributed by atoms with Gasteiger partial charge in [-0.2, -0.15) is 0 Å². The molecule has 1 aromatic carbocycles. The van der Waals surface area contributed by atoms with E-state index in [2.05, 4.69) is 31.3 Å². The summed E-state index contributed by atoms with van der Waals surface area (Å²) in [6, 6.07) is 8.19. The second-order valence-electron chi connectivity index (χ2n) is 4.89. The van der Waals surface area contributed by atoms with Crippen LogP contribution in [-0.4, -0.2) is 13.1 Å². The van der Waals surface area contributed by atoms with Crippen molar-refractivity contribution in [2.45, 2.75) is 20.3 Å². The highest BCUT2D eigenvalue weighted by Gasteiger charge is 2.39. The summed E-state index contributed by atoms with van der Waals surface area (Å²) in [4.78, 5) is 0. The van der Waals surface area contributed by atoms with Crippen LogP contribution in [0.5, 0.6) is 0 Å². The lowest BCUT2D eigenvalue weighted by molar-refractivity contribution is 0.0995. The van der Waals surface area contributed by atoms with Crippen molar-refractivity contribution in [3.8, 4) is 0 Å². The van der Waals surface area contributed by atoms with Gasteiger partial charge in [0.15, 0.2) is 0 Å². The molecule has 1 nitrogen and oxygen atoms in total. The van der Waals surface area contributed by atoms with Gasteiger partial charge in [0, 0.05) is 23.5 Å². The molecular formula is C13H18ClN. The molecule has 0 saturated carbocycles. The minimum absolute atomic E-state index is 0.422. The van der Waals surface area contributed by atoms with Crippen LogP contribution >= 0.6 is 11.6 Å². The number of nitrogens with one attached hydrogen (secondary N) is 1. The molecule has 1 fully saturated rings. The quantitative estimate of drug-likeness (QED) is 0.831. The summed E-state index contributed by atoms with van der Waals surface area (Å²) in [7, 11) is 0. The van der Waals surface area contributed by atoms with Gasteiger partial charge in [0.05, 0.1) is 0 Å². The third kappa shape index (κ3) is 2.04. The summed E-state index contributed by atoms with van der Waals surface area (Å²) in [6.45, 7) is 6.85. The summed E-state index contributed by atoms with van der Waals surface area (Å²) in [5.74, 6) is 0.704. The van der Waals surface area contributed by atoms with Crippen LogP contribution in [0.4, 0.5) is 0 Å². The van der Waals surface area contributed by atoms with Gasteiger partial charge in [-0.3, -0.25) is 0 Å². The van der Waals surface area contributed by atoms with E-state index >= 15 is 0 Å². The molecule has 82 valence electrons. The molecule has 15 heavy (non-hydrogen) atoms. The van der Waals surface area contributed by atoms with Gasteiger partial charge in [0.25, 0.3) is 0 Å². The lowest BCUT2D eigenvalue weighted by atomic mass is 9.68. The van der Waals surface area contributed by atoms with Crippen LogP contribution in [0.2, 0.25) is 5.02 Å². The highest BCUT2D eigenvalue weighted by atomic mass is 35.5. The molecule has 1 saturated heterocycles. The predicted octanol–water partition coefficient (Wildman–Crippen LogP) is 3.13. The van der Waals surface area contributed by atoms with Gasteiger partial charge >= 0.3 is 0 Å². The maximum Gasteiger partial charge on any atom is 0.0438 e. The second-order valence-corrected chi connectivity index (χ2v) is 5.30. The SMILES string of the molecule is CC(C)C1(Cc2ccccc2Cl)CNC1. The van der Waals surface area contributed by atoms with E-state index in [-0.39, 0.29) is 0 Å². The Kier molecular flexibility index (Phi) is 3.03. The first-order chi connectivity index (χ1) is 7.14. The van der Waals surface area contributed by atoms with Crippen molar-refractivity contribution >= 4 is 11.6 Å². The average molecular weight is 224 g/mol. The lowest BCUT2D eigenvalue weighted by Gasteiger charge is -2.46. The molecule has 1 aromatic rings. The largest absolute Gasteiger partial charge is 0.315 e. The molecule has 1 heterocycles. The van der Waals surface area contributed by atoms with Crippen molar-refractivity contribution in [1.29, 1.82) is 0 Å². The first kappa shape index (κ1) is 11.0. The van der Waals surface area contributed by atoms with Gasteiger partial charge in [0.2, 0.25) is 0 Å². The Morgan fingerprint density at radius 3 is 2.47 bits per heavy atom. The van der Waals surface area contributed by atoms with Gasteiger partial charge in [-0.15, -0.1) is 0 Å². The van der Waals surface area contributed by atoms with Crippen molar-refractivity contribution in [2.75, 3.05) is 13.1 Å². The zero-order chi connectivity index (χ0) is 10.9. The number of hydrogen-bond acceptors (Lipinski definition) is 1. The molecule has 1 aliphatic rings. The van der Waals surface area contributed by atoms with Crippen LogP contribution in [0.3, 0.4) is 0 Å². The first-order valence-electron chi connectivity index (χ1n) is 5.58. The van der Waals surface area contributed by atoms with Crippen molar-refractivity contribution < 1.29 is 0 Å². The van der Waals surface area contributed by atoms with Gasteiger partial charge in [-0.1, -0.05) is 43.6 Å². The summed E-state index contributed by atoms with van der Waals surface area (Å²) in [5.41, 5.74) is 1.71. The normalized spacial score (nSPS) is 18.9. The van der Waals surface area contributed by atoms with Crippen LogP contribution in [0.25, 0.3) is 0 Å². The molecule has 0 aromatic heterocycles. The van der Waals surface area contributed by atoms with Gasteiger partial charge < -0.3 is 5.32 Å². The molecule has 0 aliphatic carbocycles. The number of rotatable bonds is 3. The highest BCUT2D eigenvalue weighted by molar-refractivity contribution is 6.31. The molecule has 0 atom stereocenters. The van der Waals surface area contributed by atoms with Crippen molar-refractivity contribution in [3.05, 3.63) is 34.9 Å². The summed E-state index contributed by atoms with van der Waals surface area (Å²) >= 11 is 6.20. The lowest BCUT2D eigenvalue weighted by Crippen LogP contribution is -2.57. The zero-order valence-electron chi connectivity index (χ0n) is 9.39. The highest BCUT2D eigenvalue weighted by Crippen LogP contribution is 2.37. The maximum absolute atomic E-state index is 6.20. The molecule has 0 bridgehead atoms. The Morgan fingerprint density at radius 2 is 2.00 bits per heavy atom. The van der Waals surface area contributed by atoms with Crippen LogP contribution in [0, 0.1) is 11.3 Å². The predicted molar refractivity (Wildman–Crippen MR) is 65.3 cm³/mol. The zero-order valence-corrected chi connectivity index (χ0v) is 10.1. The summed E-state index contributed by atoms with van der Waals surface area (Å²) in [5, 5.41) is 4.29. The Balaban J connectivity index is 2.17. The van der Waals surface area contributed by atoms with E-state index in [1.54, 1.807) is 0 Å². The van der Waals surface area contributed by atoms with Gasteiger partial charge in [0.1, 0.15) is 0 Å². The molecule has 0 unspecified atom stereocenters. The molecule has 1 N–H and O–H groups in total. The maximum atomic E-state index is 6.20. The average Bonchev–Trinajstić information content (AvgIpc) is 2.13. The molecular weight excluding hydrogens is 206 g/mol. The van der Waals surface area contributed by atoms with E-state index in [0.29, 0.717) is 11.3 Å². The Morgan fingerprint density at radius 1 is 1.33 bits per heavy atom. The van der Waals surface area contributed by atoms with E-state index in [9.17, 15) is 0 Å². The third-order valence-corrected chi connectivity index (χ3v) is 4.05. The van der Waals surface area contributed by atoms with E-state index in [1.807, 2.05) is 12.1 Å². The summed E-state index contributed by atoms with van der Waals surface area (Å²) < 4.78 is 0. The minimum atomic E-state index is 0.422.